The number of hydrogen-bond acceptors (Lipinski definition) is 4. The Bertz CT molecular complexity index is 1290. The van der Waals surface area contributed by atoms with Crippen molar-refractivity contribution in [3.05, 3.63) is 94.3 Å². The maximum absolute atomic E-state index is 4.84. The summed E-state index contributed by atoms with van der Waals surface area (Å²) in [7, 11) is 2.27. The van der Waals surface area contributed by atoms with Crippen molar-refractivity contribution in [3.8, 4) is 11.1 Å². The summed E-state index contributed by atoms with van der Waals surface area (Å²) < 4.78 is 0. The largest absolute Gasteiger partial charge is 0.298 e. The summed E-state index contributed by atoms with van der Waals surface area (Å²) in [5.41, 5.74) is 11.4. The molecule has 2 bridgehead atoms. The van der Waals surface area contributed by atoms with Crippen LogP contribution < -0.4 is 0 Å². The van der Waals surface area contributed by atoms with Gasteiger partial charge in [-0.2, -0.15) is 0 Å². The molecule has 5 aliphatic rings. The first-order valence-corrected chi connectivity index (χ1v) is 12.1. The second-order valence-electron chi connectivity index (χ2n) is 9.99. The molecular weight excluding hydrogens is 404 g/mol. The van der Waals surface area contributed by atoms with Gasteiger partial charge in [-0.1, -0.05) is 48.5 Å². The highest BCUT2D eigenvalue weighted by Gasteiger charge is 2.41. The number of nitrogens with zero attached hydrogens (tertiary/aromatic N) is 4. The van der Waals surface area contributed by atoms with E-state index in [9.17, 15) is 0 Å². The Balaban J connectivity index is 1.13. The zero-order valence-electron chi connectivity index (χ0n) is 19.0. The number of aromatic nitrogens is 1. The van der Waals surface area contributed by atoms with Crippen molar-refractivity contribution in [1.29, 1.82) is 0 Å². The van der Waals surface area contributed by atoms with Crippen molar-refractivity contribution in [1.82, 2.24) is 14.8 Å². The average molecular weight is 433 g/mol. The normalized spacial score (nSPS) is 23.2. The monoisotopic (exact) mass is 432 g/mol. The highest BCUT2D eigenvalue weighted by atomic mass is 15.3. The maximum Gasteiger partial charge on any atom is 0.0646 e. The third-order valence-corrected chi connectivity index (χ3v) is 8.06. The van der Waals surface area contributed by atoms with Gasteiger partial charge in [0.1, 0.15) is 0 Å². The van der Waals surface area contributed by atoms with Crippen LogP contribution in [-0.4, -0.2) is 53.2 Å². The fourth-order valence-electron chi connectivity index (χ4n) is 6.06. The summed E-state index contributed by atoms with van der Waals surface area (Å²) in [5, 5.41) is 0. The van der Waals surface area contributed by atoms with Crippen LogP contribution in [-0.2, 0) is 19.5 Å². The van der Waals surface area contributed by atoms with Gasteiger partial charge in [-0.05, 0) is 47.4 Å². The molecule has 4 aliphatic heterocycles. The van der Waals surface area contributed by atoms with Gasteiger partial charge >= 0.3 is 0 Å². The molecule has 2 aromatic carbocycles. The van der Waals surface area contributed by atoms with Crippen molar-refractivity contribution in [3.63, 3.8) is 0 Å². The summed E-state index contributed by atoms with van der Waals surface area (Å²) in [6.07, 6.45) is 8.68. The number of piperidine rings is 1. The van der Waals surface area contributed by atoms with Crippen LogP contribution in [0.2, 0.25) is 0 Å². The van der Waals surface area contributed by atoms with E-state index in [0.717, 1.165) is 31.6 Å². The molecule has 3 fully saturated rings. The fourth-order valence-corrected chi connectivity index (χ4v) is 6.06. The molecule has 2 unspecified atom stereocenters. The summed E-state index contributed by atoms with van der Waals surface area (Å²) in [4.78, 5) is 14.5. The Morgan fingerprint density at radius 1 is 0.970 bits per heavy atom. The first-order chi connectivity index (χ1) is 16.2. The van der Waals surface area contributed by atoms with Crippen molar-refractivity contribution < 1.29 is 0 Å². The molecule has 4 nitrogen and oxygen atoms in total. The van der Waals surface area contributed by atoms with Crippen LogP contribution in [0.4, 0.5) is 0 Å². The van der Waals surface area contributed by atoms with Crippen molar-refractivity contribution in [2.24, 2.45) is 4.99 Å². The molecule has 1 aliphatic carbocycles. The van der Waals surface area contributed by atoms with Crippen LogP contribution in [0.3, 0.4) is 0 Å². The van der Waals surface area contributed by atoms with Crippen LogP contribution in [0.25, 0.3) is 16.7 Å². The molecule has 3 aromatic rings. The number of benzene rings is 2. The first-order valence-electron chi connectivity index (χ1n) is 12.1. The number of rotatable bonds is 4. The third kappa shape index (κ3) is 3.20. The van der Waals surface area contributed by atoms with Gasteiger partial charge < -0.3 is 0 Å². The summed E-state index contributed by atoms with van der Waals surface area (Å²) in [5.74, 6) is 0. The number of hydrogen-bond donors (Lipinski definition) is 0. The second-order valence-corrected chi connectivity index (χ2v) is 9.99. The van der Waals surface area contributed by atoms with E-state index in [2.05, 4.69) is 76.4 Å². The van der Waals surface area contributed by atoms with Crippen LogP contribution in [0, 0.1) is 0 Å². The van der Waals surface area contributed by atoms with Gasteiger partial charge in [0.2, 0.25) is 0 Å². The molecule has 5 heterocycles. The Labute approximate surface area is 195 Å². The molecule has 1 aromatic heterocycles. The molecule has 0 N–H and O–H groups in total. The Hall–Kier alpha value is -3.08. The van der Waals surface area contributed by atoms with Crippen molar-refractivity contribution in [2.75, 3.05) is 20.1 Å². The zero-order valence-corrected chi connectivity index (χ0v) is 19.0. The van der Waals surface area contributed by atoms with Crippen molar-refractivity contribution >= 4 is 11.8 Å². The lowest BCUT2D eigenvalue weighted by molar-refractivity contribution is -0.0532. The first kappa shape index (κ1) is 19.4. The molecule has 164 valence electrons. The van der Waals surface area contributed by atoms with Gasteiger partial charge in [-0.25, -0.2) is 0 Å². The van der Waals surface area contributed by atoms with E-state index in [4.69, 9.17) is 4.98 Å². The van der Waals surface area contributed by atoms with Gasteiger partial charge in [-0.15, -0.1) is 0 Å². The Morgan fingerprint density at radius 2 is 1.82 bits per heavy atom. The molecule has 2 atom stereocenters. The van der Waals surface area contributed by atoms with E-state index in [1.807, 2.05) is 12.4 Å². The number of piperazine rings is 1. The number of allylic oxidation sites excluding steroid dienone is 1. The predicted molar refractivity (Wildman–Crippen MR) is 133 cm³/mol. The number of pyridine rings is 1. The maximum atomic E-state index is 4.84. The van der Waals surface area contributed by atoms with Crippen LogP contribution >= 0.6 is 0 Å². The molecule has 0 radical (unpaired) electrons. The Morgan fingerprint density at radius 3 is 2.64 bits per heavy atom. The van der Waals surface area contributed by atoms with Crippen LogP contribution in [0.1, 0.15) is 39.9 Å². The molecule has 33 heavy (non-hydrogen) atoms. The molecule has 0 amide bonds. The third-order valence-electron chi connectivity index (χ3n) is 8.06. The number of aliphatic imine (C=N–C) groups is 1. The quantitative estimate of drug-likeness (QED) is 0.606. The second kappa shape index (κ2) is 7.47. The van der Waals surface area contributed by atoms with Crippen molar-refractivity contribution in [2.45, 2.75) is 38.0 Å². The van der Waals surface area contributed by atoms with Gasteiger partial charge in [0.05, 0.1) is 12.2 Å². The van der Waals surface area contributed by atoms with Gasteiger partial charge in [-0.3, -0.25) is 19.8 Å². The summed E-state index contributed by atoms with van der Waals surface area (Å²) in [6.45, 7) is 4.25. The molecule has 4 heteroatoms. The van der Waals surface area contributed by atoms with E-state index in [-0.39, 0.29) is 0 Å². The molecule has 8 rings (SSSR count). The van der Waals surface area contributed by atoms with Crippen LogP contribution in [0.15, 0.2) is 65.8 Å². The van der Waals surface area contributed by atoms with E-state index < -0.39 is 0 Å². The topological polar surface area (TPSA) is 31.7 Å². The SMILES string of the molecule is CN1C2CC1CN(Cc1ccc(-c3cnc4c(c3)C(c3cccc5c3C=NC5)=CC4)cc1)C2. The molecule has 0 saturated carbocycles. The lowest BCUT2D eigenvalue weighted by Gasteiger charge is -2.55. The van der Waals surface area contributed by atoms with Gasteiger partial charge in [0.15, 0.2) is 0 Å². The highest BCUT2D eigenvalue weighted by molar-refractivity contribution is 5.97. The lowest BCUT2D eigenvalue weighted by atomic mass is 9.88. The molecule has 0 spiro atoms. The highest BCUT2D eigenvalue weighted by Crippen LogP contribution is 2.37. The van der Waals surface area contributed by atoms with Crippen LogP contribution in [0.5, 0.6) is 0 Å². The van der Waals surface area contributed by atoms with Gasteiger partial charge in [0.25, 0.3) is 0 Å². The minimum Gasteiger partial charge on any atom is -0.298 e. The number of fused-ring (bicyclic) bond motifs is 4. The average Bonchev–Trinajstić information content (AvgIpc) is 3.51. The standard InChI is InChI=1S/C29H28N4/c1-32-23-12-24(32)18-33(17-23)16-19-5-7-20(8-6-19)22-11-27-26(9-10-29(27)31-14-22)25-4-2-3-21-13-30-15-28(21)25/h2-9,11,14-15,23-24H,10,12-13,16-18H2,1H3. The number of likely N-dealkylation sites (N-methyl/N-ethyl adjacent to an activating group) is 1. The zero-order chi connectivity index (χ0) is 21.9. The minimum absolute atomic E-state index is 0.764. The molecular formula is C29H28N4. The summed E-state index contributed by atoms with van der Waals surface area (Å²) >= 11 is 0. The fraction of sp³-hybridized carbons (Fsp3) is 0.310. The molecule has 3 saturated heterocycles. The lowest BCUT2D eigenvalue weighted by Crippen LogP contribution is -2.66. The van der Waals surface area contributed by atoms with E-state index in [1.54, 1.807) is 0 Å². The summed E-state index contributed by atoms with van der Waals surface area (Å²) in [6, 6.07) is 19.5. The van der Waals surface area contributed by atoms with E-state index in [0.29, 0.717) is 0 Å². The predicted octanol–water partition coefficient (Wildman–Crippen LogP) is 4.56. The van der Waals surface area contributed by atoms with E-state index >= 15 is 0 Å². The van der Waals surface area contributed by atoms with E-state index in [1.165, 1.54) is 69.7 Å². The smallest absolute Gasteiger partial charge is 0.0646 e. The minimum atomic E-state index is 0.764. The Kier molecular flexibility index (Phi) is 4.39. The van der Waals surface area contributed by atoms with Gasteiger partial charge in [0, 0.05) is 67.2 Å².